The number of hydrogen-bond donors (Lipinski definition) is 1. The number of hydrogen-bond acceptors (Lipinski definition) is 2. The van der Waals surface area contributed by atoms with Crippen molar-refractivity contribution in [3.8, 4) is 11.5 Å². The SMILES string of the molecule is O=C(O)/C=C/c1cccc(Cl)c1Oc1ccc(Br)cc1Br. The van der Waals surface area contributed by atoms with Gasteiger partial charge in [0.05, 0.1) is 9.50 Å². The zero-order valence-electron chi connectivity index (χ0n) is 10.5. The highest BCUT2D eigenvalue weighted by molar-refractivity contribution is 9.11. The van der Waals surface area contributed by atoms with E-state index < -0.39 is 5.97 Å². The molecular formula is C15H9Br2ClO3. The lowest BCUT2D eigenvalue weighted by molar-refractivity contribution is -0.131. The van der Waals surface area contributed by atoms with Crippen LogP contribution < -0.4 is 4.74 Å². The van der Waals surface area contributed by atoms with E-state index in [1.54, 1.807) is 24.3 Å². The van der Waals surface area contributed by atoms with Gasteiger partial charge in [0.15, 0.2) is 5.75 Å². The van der Waals surface area contributed by atoms with Gasteiger partial charge in [0, 0.05) is 16.1 Å². The van der Waals surface area contributed by atoms with Gasteiger partial charge in [0.1, 0.15) is 5.75 Å². The molecule has 108 valence electrons. The van der Waals surface area contributed by atoms with E-state index in [0.29, 0.717) is 22.1 Å². The molecule has 21 heavy (non-hydrogen) atoms. The second-order valence-corrected chi connectivity index (χ2v) is 6.18. The van der Waals surface area contributed by atoms with Crippen molar-refractivity contribution in [2.24, 2.45) is 0 Å². The zero-order valence-corrected chi connectivity index (χ0v) is 14.4. The highest BCUT2D eigenvalue weighted by Gasteiger charge is 2.10. The third-order valence-corrected chi connectivity index (χ3v) is 3.92. The minimum absolute atomic E-state index is 0.400. The van der Waals surface area contributed by atoms with Gasteiger partial charge < -0.3 is 9.84 Å². The Balaban J connectivity index is 2.41. The summed E-state index contributed by atoms with van der Waals surface area (Å²) in [5, 5.41) is 9.13. The standard InChI is InChI=1S/C15H9Br2ClO3/c16-10-5-6-13(11(17)8-10)21-15-9(4-7-14(19)20)2-1-3-12(15)18/h1-8H,(H,19,20)/b7-4+. The van der Waals surface area contributed by atoms with E-state index in [-0.39, 0.29) is 0 Å². The average molecular weight is 432 g/mol. The fraction of sp³-hybridized carbons (Fsp3) is 0. The van der Waals surface area contributed by atoms with E-state index in [4.69, 9.17) is 21.4 Å². The van der Waals surface area contributed by atoms with E-state index in [9.17, 15) is 4.79 Å². The molecule has 0 aliphatic carbocycles. The van der Waals surface area contributed by atoms with Crippen LogP contribution in [0.5, 0.6) is 11.5 Å². The van der Waals surface area contributed by atoms with E-state index in [1.165, 1.54) is 6.08 Å². The maximum atomic E-state index is 10.6. The monoisotopic (exact) mass is 430 g/mol. The molecule has 2 aromatic carbocycles. The summed E-state index contributed by atoms with van der Waals surface area (Å²) in [5.41, 5.74) is 0.583. The van der Waals surface area contributed by atoms with Crippen LogP contribution in [0, 0.1) is 0 Å². The fourth-order valence-corrected chi connectivity index (χ4v) is 2.94. The van der Waals surface area contributed by atoms with Crippen LogP contribution in [0.25, 0.3) is 6.08 Å². The third kappa shape index (κ3) is 4.33. The Morgan fingerprint density at radius 1 is 1.24 bits per heavy atom. The van der Waals surface area contributed by atoms with E-state index in [1.807, 2.05) is 12.1 Å². The predicted octanol–water partition coefficient (Wildman–Crippen LogP) is 5.76. The minimum Gasteiger partial charge on any atom is -0.478 e. The van der Waals surface area contributed by atoms with Crippen LogP contribution in [0.4, 0.5) is 0 Å². The Labute approximate surface area is 143 Å². The molecule has 0 aliphatic heterocycles. The first-order chi connectivity index (χ1) is 9.97. The number of benzene rings is 2. The lowest BCUT2D eigenvalue weighted by Gasteiger charge is -2.12. The lowest BCUT2D eigenvalue weighted by Crippen LogP contribution is -1.91. The molecule has 0 atom stereocenters. The van der Waals surface area contributed by atoms with Gasteiger partial charge in [-0.15, -0.1) is 0 Å². The Morgan fingerprint density at radius 3 is 2.67 bits per heavy atom. The topological polar surface area (TPSA) is 46.5 Å². The third-order valence-electron chi connectivity index (χ3n) is 2.51. The smallest absolute Gasteiger partial charge is 0.328 e. The molecular weight excluding hydrogens is 423 g/mol. The largest absolute Gasteiger partial charge is 0.478 e. The molecule has 2 rings (SSSR count). The molecule has 0 saturated carbocycles. The number of ether oxygens (including phenoxy) is 1. The Morgan fingerprint density at radius 2 is 2.00 bits per heavy atom. The van der Waals surface area contributed by atoms with Crippen LogP contribution in [0.3, 0.4) is 0 Å². The Bertz CT molecular complexity index is 714. The van der Waals surface area contributed by atoms with Crippen LogP contribution in [0.2, 0.25) is 5.02 Å². The van der Waals surface area contributed by atoms with Crippen molar-refractivity contribution in [3.05, 3.63) is 62.0 Å². The average Bonchev–Trinajstić information content (AvgIpc) is 2.42. The van der Waals surface area contributed by atoms with E-state index >= 15 is 0 Å². The highest BCUT2D eigenvalue weighted by atomic mass is 79.9. The lowest BCUT2D eigenvalue weighted by atomic mass is 10.2. The molecule has 2 aromatic rings. The second kappa shape index (κ2) is 7.11. The molecule has 0 fully saturated rings. The number of carbonyl (C=O) groups is 1. The molecule has 0 heterocycles. The number of carboxylic acid groups (broad SMARTS) is 1. The summed E-state index contributed by atoms with van der Waals surface area (Å²) in [7, 11) is 0. The summed E-state index contributed by atoms with van der Waals surface area (Å²) in [6.45, 7) is 0. The number of para-hydroxylation sites is 1. The molecule has 0 saturated heterocycles. The maximum absolute atomic E-state index is 10.6. The molecule has 0 aromatic heterocycles. The summed E-state index contributed by atoms with van der Waals surface area (Å²) in [4.78, 5) is 10.6. The van der Waals surface area contributed by atoms with Gasteiger partial charge in [-0.3, -0.25) is 0 Å². The van der Waals surface area contributed by atoms with E-state index in [0.717, 1.165) is 15.0 Å². The molecule has 0 bridgehead atoms. The van der Waals surface area contributed by atoms with Crippen molar-refractivity contribution in [2.45, 2.75) is 0 Å². The summed E-state index contributed by atoms with van der Waals surface area (Å²) in [5.74, 6) is -0.0540. The molecule has 0 amide bonds. The molecule has 0 unspecified atom stereocenters. The van der Waals surface area contributed by atoms with Crippen LogP contribution in [-0.4, -0.2) is 11.1 Å². The molecule has 3 nitrogen and oxygen atoms in total. The van der Waals surface area contributed by atoms with Gasteiger partial charge in [-0.25, -0.2) is 4.79 Å². The predicted molar refractivity (Wildman–Crippen MR) is 90.0 cm³/mol. The first kappa shape index (κ1) is 16.1. The molecule has 6 heteroatoms. The van der Waals surface area contributed by atoms with Crippen molar-refractivity contribution < 1.29 is 14.6 Å². The normalized spacial score (nSPS) is 10.8. The summed E-state index contributed by atoms with van der Waals surface area (Å²) < 4.78 is 7.48. The molecule has 0 spiro atoms. The van der Waals surface area contributed by atoms with E-state index in [2.05, 4.69) is 31.9 Å². The summed E-state index contributed by atoms with van der Waals surface area (Å²) >= 11 is 12.9. The van der Waals surface area contributed by atoms with Gasteiger partial charge in [0.2, 0.25) is 0 Å². The number of halogens is 3. The molecule has 0 aliphatic rings. The number of carboxylic acids is 1. The van der Waals surface area contributed by atoms with Crippen LogP contribution in [0.15, 0.2) is 51.4 Å². The van der Waals surface area contributed by atoms with Crippen molar-refractivity contribution in [1.82, 2.24) is 0 Å². The molecule has 1 N–H and O–H groups in total. The van der Waals surface area contributed by atoms with Crippen LogP contribution in [-0.2, 0) is 4.79 Å². The number of aliphatic carboxylic acids is 1. The Hall–Kier alpha value is -1.30. The highest BCUT2D eigenvalue weighted by Crippen LogP contribution is 2.37. The van der Waals surface area contributed by atoms with Gasteiger partial charge in [0.25, 0.3) is 0 Å². The maximum Gasteiger partial charge on any atom is 0.328 e. The van der Waals surface area contributed by atoms with Gasteiger partial charge in [-0.05, 0) is 46.3 Å². The van der Waals surface area contributed by atoms with Crippen molar-refractivity contribution in [3.63, 3.8) is 0 Å². The number of rotatable bonds is 4. The van der Waals surface area contributed by atoms with Crippen molar-refractivity contribution in [2.75, 3.05) is 0 Å². The molecule has 0 radical (unpaired) electrons. The summed E-state index contributed by atoms with van der Waals surface area (Å²) in [6.07, 6.45) is 2.48. The first-order valence-corrected chi connectivity index (χ1v) is 7.76. The second-order valence-electron chi connectivity index (χ2n) is 4.01. The van der Waals surface area contributed by atoms with Crippen LogP contribution >= 0.6 is 43.5 Å². The zero-order chi connectivity index (χ0) is 15.4. The van der Waals surface area contributed by atoms with Crippen molar-refractivity contribution in [1.29, 1.82) is 0 Å². The Kier molecular flexibility index (Phi) is 5.45. The quantitative estimate of drug-likeness (QED) is 0.626. The van der Waals surface area contributed by atoms with Gasteiger partial charge >= 0.3 is 5.97 Å². The minimum atomic E-state index is -1.04. The van der Waals surface area contributed by atoms with Gasteiger partial charge in [-0.1, -0.05) is 39.7 Å². The van der Waals surface area contributed by atoms with Crippen LogP contribution in [0.1, 0.15) is 5.56 Å². The summed E-state index contributed by atoms with van der Waals surface area (Å²) in [6, 6.07) is 10.6. The van der Waals surface area contributed by atoms with Crippen molar-refractivity contribution >= 4 is 55.5 Å². The van der Waals surface area contributed by atoms with Gasteiger partial charge in [-0.2, -0.15) is 0 Å². The fourth-order valence-electron chi connectivity index (χ4n) is 1.59. The first-order valence-electron chi connectivity index (χ1n) is 5.80.